The van der Waals surface area contributed by atoms with Gasteiger partial charge in [-0.05, 0) is 53.4 Å². The van der Waals surface area contributed by atoms with Gasteiger partial charge in [0.05, 0.1) is 6.10 Å². The van der Waals surface area contributed by atoms with Crippen LogP contribution in [0.15, 0.2) is 23.3 Å². The van der Waals surface area contributed by atoms with E-state index in [0.717, 1.165) is 25.7 Å². The zero-order chi connectivity index (χ0) is 13.3. The first kappa shape index (κ1) is 16.0. The second-order valence-corrected chi connectivity index (χ2v) is 4.87. The molecule has 0 N–H and O–H groups in total. The summed E-state index contributed by atoms with van der Waals surface area (Å²) in [5.41, 5.74) is 2.79. The van der Waals surface area contributed by atoms with Crippen molar-refractivity contribution in [2.24, 2.45) is 0 Å². The number of allylic oxidation sites excluding steroid dienone is 4. The summed E-state index contributed by atoms with van der Waals surface area (Å²) in [6, 6.07) is 0. The van der Waals surface area contributed by atoms with E-state index in [1.54, 1.807) is 0 Å². The highest BCUT2D eigenvalue weighted by Gasteiger charge is 2.03. The third-order valence-electron chi connectivity index (χ3n) is 2.52. The Labute approximate surface area is 106 Å². The summed E-state index contributed by atoms with van der Waals surface area (Å²) >= 11 is 0. The van der Waals surface area contributed by atoms with Crippen LogP contribution in [0.25, 0.3) is 0 Å². The molecule has 1 atom stereocenters. The molecule has 0 unspecified atom stereocenters. The van der Waals surface area contributed by atoms with Crippen LogP contribution in [0.4, 0.5) is 0 Å². The number of rotatable bonds is 7. The fourth-order valence-electron chi connectivity index (χ4n) is 1.60. The van der Waals surface area contributed by atoms with Gasteiger partial charge < -0.3 is 4.74 Å². The van der Waals surface area contributed by atoms with Crippen LogP contribution in [-0.2, 0) is 9.53 Å². The summed E-state index contributed by atoms with van der Waals surface area (Å²) < 4.78 is 5.07. The lowest BCUT2D eigenvalue weighted by molar-refractivity contribution is -0.145. The molecule has 0 aliphatic heterocycles. The van der Waals surface area contributed by atoms with Gasteiger partial charge >= 0.3 is 5.97 Å². The van der Waals surface area contributed by atoms with E-state index in [-0.39, 0.29) is 12.1 Å². The molecule has 98 valence electrons. The summed E-state index contributed by atoms with van der Waals surface area (Å²) in [6.07, 6.45) is 8.65. The predicted molar refractivity (Wildman–Crippen MR) is 72.9 cm³/mol. The fourth-order valence-corrected chi connectivity index (χ4v) is 1.60. The lowest BCUT2D eigenvalue weighted by Crippen LogP contribution is -2.11. The molecule has 0 amide bonds. The first-order valence-electron chi connectivity index (χ1n) is 6.38. The SMILES string of the molecule is CC(=O)O[C@H](C)CCC=C(C)CCC=C(C)C. The molecule has 0 heterocycles. The molecule has 0 saturated carbocycles. The second kappa shape index (κ2) is 9.03. The van der Waals surface area contributed by atoms with Gasteiger partial charge in [0.2, 0.25) is 0 Å². The van der Waals surface area contributed by atoms with Crippen LogP contribution in [0, 0.1) is 0 Å². The Balaban J connectivity index is 3.76. The number of carbonyl (C=O) groups excluding carboxylic acids is 1. The van der Waals surface area contributed by atoms with Gasteiger partial charge in [0.25, 0.3) is 0 Å². The van der Waals surface area contributed by atoms with Crippen molar-refractivity contribution in [3.05, 3.63) is 23.3 Å². The van der Waals surface area contributed by atoms with Crippen molar-refractivity contribution in [2.75, 3.05) is 0 Å². The molecule has 0 spiro atoms. The van der Waals surface area contributed by atoms with E-state index >= 15 is 0 Å². The monoisotopic (exact) mass is 238 g/mol. The summed E-state index contributed by atoms with van der Waals surface area (Å²) in [5, 5.41) is 0. The highest BCUT2D eigenvalue weighted by atomic mass is 16.5. The molecule has 0 aliphatic rings. The van der Waals surface area contributed by atoms with Gasteiger partial charge in [0, 0.05) is 6.92 Å². The van der Waals surface area contributed by atoms with Gasteiger partial charge in [-0.3, -0.25) is 4.79 Å². The van der Waals surface area contributed by atoms with Crippen molar-refractivity contribution in [1.29, 1.82) is 0 Å². The van der Waals surface area contributed by atoms with Gasteiger partial charge in [-0.2, -0.15) is 0 Å². The number of hydrogen-bond donors (Lipinski definition) is 0. The molecule has 0 saturated heterocycles. The minimum Gasteiger partial charge on any atom is -0.463 e. The van der Waals surface area contributed by atoms with E-state index in [1.807, 2.05) is 6.92 Å². The zero-order valence-corrected chi connectivity index (χ0v) is 11.9. The Morgan fingerprint density at radius 1 is 1.12 bits per heavy atom. The van der Waals surface area contributed by atoms with Crippen molar-refractivity contribution >= 4 is 5.97 Å². The summed E-state index contributed by atoms with van der Waals surface area (Å²) in [5.74, 6) is -0.193. The summed E-state index contributed by atoms with van der Waals surface area (Å²) in [6.45, 7) is 9.81. The van der Waals surface area contributed by atoms with Crippen LogP contribution >= 0.6 is 0 Å². The van der Waals surface area contributed by atoms with Crippen LogP contribution in [-0.4, -0.2) is 12.1 Å². The molecule has 2 heteroatoms. The normalized spacial score (nSPS) is 13.1. The maximum Gasteiger partial charge on any atom is 0.302 e. The van der Waals surface area contributed by atoms with E-state index in [0.29, 0.717) is 0 Å². The largest absolute Gasteiger partial charge is 0.463 e. The molecule has 0 aromatic heterocycles. The van der Waals surface area contributed by atoms with Crippen LogP contribution < -0.4 is 0 Å². The molecule has 17 heavy (non-hydrogen) atoms. The van der Waals surface area contributed by atoms with Crippen LogP contribution in [0.2, 0.25) is 0 Å². The van der Waals surface area contributed by atoms with Crippen molar-refractivity contribution in [3.8, 4) is 0 Å². The highest BCUT2D eigenvalue weighted by molar-refractivity contribution is 5.66. The topological polar surface area (TPSA) is 26.3 Å². The Bertz CT molecular complexity index is 283. The molecule has 0 rings (SSSR count). The quantitative estimate of drug-likeness (QED) is 0.485. The minimum atomic E-state index is -0.193. The molecule has 2 nitrogen and oxygen atoms in total. The lowest BCUT2D eigenvalue weighted by atomic mass is 10.1. The van der Waals surface area contributed by atoms with Gasteiger partial charge in [-0.1, -0.05) is 23.3 Å². The number of hydrogen-bond acceptors (Lipinski definition) is 2. The third-order valence-corrected chi connectivity index (χ3v) is 2.52. The van der Waals surface area contributed by atoms with Crippen LogP contribution in [0.1, 0.15) is 60.3 Å². The van der Waals surface area contributed by atoms with E-state index in [1.165, 1.54) is 18.1 Å². The molecular weight excluding hydrogens is 212 g/mol. The maximum absolute atomic E-state index is 10.7. The van der Waals surface area contributed by atoms with Crippen LogP contribution in [0.5, 0.6) is 0 Å². The molecule has 0 fully saturated rings. The fraction of sp³-hybridized carbons (Fsp3) is 0.667. The Kier molecular flexibility index (Phi) is 8.47. The Morgan fingerprint density at radius 3 is 2.29 bits per heavy atom. The standard InChI is InChI=1S/C15H26O2/c1-12(2)8-6-9-13(3)10-7-11-14(4)17-15(5)16/h8,10,14H,6-7,9,11H2,1-5H3/t14-/m1/s1. The average molecular weight is 238 g/mol. The Hall–Kier alpha value is -1.05. The van der Waals surface area contributed by atoms with E-state index in [4.69, 9.17) is 4.74 Å². The number of carbonyl (C=O) groups is 1. The minimum absolute atomic E-state index is 0.0225. The predicted octanol–water partition coefficient (Wildman–Crippen LogP) is 4.41. The van der Waals surface area contributed by atoms with Gasteiger partial charge in [0.1, 0.15) is 0 Å². The highest BCUT2D eigenvalue weighted by Crippen LogP contribution is 2.10. The molecule has 0 aromatic rings. The molecule has 0 aliphatic carbocycles. The van der Waals surface area contributed by atoms with Gasteiger partial charge in [0.15, 0.2) is 0 Å². The third kappa shape index (κ3) is 11.2. The molecular formula is C15H26O2. The van der Waals surface area contributed by atoms with Crippen molar-refractivity contribution < 1.29 is 9.53 Å². The van der Waals surface area contributed by atoms with Gasteiger partial charge in [-0.15, -0.1) is 0 Å². The Morgan fingerprint density at radius 2 is 1.76 bits per heavy atom. The zero-order valence-electron chi connectivity index (χ0n) is 11.9. The van der Waals surface area contributed by atoms with Gasteiger partial charge in [-0.25, -0.2) is 0 Å². The second-order valence-electron chi connectivity index (χ2n) is 4.87. The molecule has 0 radical (unpaired) electrons. The van der Waals surface area contributed by atoms with Crippen molar-refractivity contribution in [1.82, 2.24) is 0 Å². The smallest absolute Gasteiger partial charge is 0.302 e. The molecule has 0 aromatic carbocycles. The number of ether oxygens (including phenoxy) is 1. The van der Waals surface area contributed by atoms with E-state index in [9.17, 15) is 4.79 Å². The summed E-state index contributed by atoms with van der Waals surface area (Å²) in [4.78, 5) is 10.7. The van der Waals surface area contributed by atoms with Crippen LogP contribution in [0.3, 0.4) is 0 Å². The van der Waals surface area contributed by atoms with E-state index in [2.05, 4.69) is 32.9 Å². The van der Waals surface area contributed by atoms with Crippen molar-refractivity contribution in [2.45, 2.75) is 66.4 Å². The average Bonchev–Trinajstić information content (AvgIpc) is 2.15. The van der Waals surface area contributed by atoms with Crippen molar-refractivity contribution in [3.63, 3.8) is 0 Å². The number of esters is 1. The first-order chi connectivity index (χ1) is 7.91. The molecule has 0 bridgehead atoms. The maximum atomic E-state index is 10.7. The summed E-state index contributed by atoms with van der Waals surface area (Å²) in [7, 11) is 0. The van der Waals surface area contributed by atoms with E-state index < -0.39 is 0 Å². The first-order valence-corrected chi connectivity index (χ1v) is 6.38. The lowest BCUT2D eigenvalue weighted by Gasteiger charge is -2.10.